The highest BCUT2D eigenvalue weighted by molar-refractivity contribution is 6.53. The van der Waals surface area contributed by atoms with Crippen LogP contribution in [0, 0.1) is 0 Å². The van der Waals surface area contributed by atoms with Crippen LogP contribution in [-0.4, -0.2) is 53.4 Å². The van der Waals surface area contributed by atoms with E-state index in [1.807, 2.05) is 0 Å². The standard InChI is InChI=1S/C17H20Cl2N2O5/c1-2-25-17(24)26-13-5-3-11(4-6-13)15(22)20-12-7-9-21(10-8-12)16(23)14(18)19/h3-6,12,14H,2,7-10H2,1H3,(H,20,22). The molecule has 1 aliphatic heterocycles. The number of likely N-dealkylation sites (tertiary alicyclic amines) is 1. The number of ether oxygens (including phenoxy) is 2. The fourth-order valence-electron chi connectivity index (χ4n) is 2.57. The van der Waals surface area contributed by atoms with Gasteiger partial charge in [-0.1, -0.05) is 23.2 Å². The Morgan fingerprint density at radius 2 is 1.81 bits per heavy atom. The van der Waals surface area contributed by atoms with Crippen molar-refractivity contribution >= 4 is 41.2 Å². The molecular weight excluding hydrogens is 383 g/mol. The smallest absolute Gasteiger partial charge is 0.434 e. The molecule has 142 valence electrons. The number of nitrogens with zero attached hydrogens (tertiary/aromatic N) is 1. The van der Waals surface area contributed by atoms with Gasteiger partial charge in [-0.2, -0.15) is 0 Å². The molecule has 1 aliphatic rings. The predicted molar refractivity (Wildman–Crippen MR) is 96.7 cm³/mol. The number of hydrogen-bond acceptors (Lipinski definition) is 5. The molecule has 1 heterocycles. The van der Waals surface area contributed by atoms with E-state index in [1.54, 1.807) is 24.0 Å². The number of nitrogens with one attached hydrogen (secondary N) is 1. The molecule has 2 amide bonds. The van der Waals surface area contributed by atoms with E-state index in [4.69, 9.17) is 27.9 Å². The van der Waals surface area contributed by atoms with Gasteiger partial charge in [0.1, 0.15) is 5.75 Å². The van der Waals surface area contributed by atoms with Crippen molar-refractivity contribution in [1.29, 1.82) is 0 Å². The van der Waals surface area contributed by atoms with Crippen molar-refractivity contribution in [2.75, 3.05) is 19.7 Å². The Kier molecular flexibility index (Phi) is 7.53. The minimum atomic E-state index is -1.06. The lowest BCUT2D eigenvalue weighted by Crippen LogP contribution is -2.47. The summed E-state index contributed by atoms with van der Waals surface area (Å²) >= 11 is 11.2. The van der Waals surface area contributed by atoms with Gasteiger partial charge in [-0.25, -0.2) is 4.79 Å². The number of halogens is 2. The van der Waals surface area contributed by atoms with Crippen molar-refractivity contribution < 1.29 is 23.9 Å². The average molecular weight is 403 g/mol. The Hall–Kier alpha value is -1.99. The Morgan fingerprint density at radius 1 is 1.19 bits per heavy atom. The third-order valence-electron chi connectivity index (χ3n) is 3.91. The third-order valence-corrected chi connectivity index (χ3v) is 4.28. The summed E-state index contributed by atoms with van der Waals surface area (Å²) in [6, 6.07) is 6.14. The van der Waals surface area contributed by atoms with Crippen LogP contribution in [0.3, 0.4) is 0 Å². The van der Waals surface area contributed by atoms with Gasteiger partial charge in [-0.15, -0.1) is 0 Å². The normalized spacial score (nSPS) is 14.8. The lowest BCUT2D eigenvalue weighted by atomic mass is 10.0. The second-order valence-corrected chi connectivity index (χ2v) is 6.78. The molecule has 26 heavy (non-hydrogen) atoms. The summed E-state index contributed by atoms with van der Waals surface area (Å²) in [5.41, 5.74) is 0.446. The molecule has 0 radical (unpaired) electrons. The lowest BCUT2D eigenvalue weighted by molar-refractivity contribution is -0.130. The van der Waals surface area contributed by atoms with Crippen molar-refractivity contribution in [1.82, 2.24) is 10.2 Å². The average Bonchev–Trinajstić information content (AvgIpc) is 2.62. The summed E-state index contributed by atoms with van der Waals surface area (Å²) in [7, 11) is 0. The maximum atomic E-state index is 12.3. The summed E-state index contributed by atoms with van der Waals surface area (Å²) in [6.07, 6.45) is 0.464. The quantitative estimate of drug-likeness (QED) is 0.464. The Labute approximate surface area is 161 Å². The van der Waals surface area contributed by atoms with E-state index < -0.39 is 11.0 Å². The van der Waals surface area contributed by atoms with Gasteiger partial charge < -0.3 is 19.7 Å². The molecule has 2 rings (SSSR count). The Balaban J connectivity index is 1.83. The first-order valence-electron chi connectivity index (χ1n) is 8.23. The van der Waals surface area contributed by atoms with Crippen LogP contribution < -0.4 is 10.1 Å². The van der Waals surface area contributed by atoms with Gasteiger partial charge >= 0.3 is 6.16 Å². The number of amides is 2. The summed E-state index contributed by atoms with van der Waals surface area (Å²) in [5.74, 6) is -0.246. The first-order valence-corrected chi connectivity index (χ1v) is 9.10. The second-order valence-electron chi connectivity index (χ2n) is 5.68. The topological polar surface area (TPSA) is 84.9 Å². The van der Waals surface area contributed by atoms with E-state index in [2.05, 4.69) is 10.1 Å². The fraction of sp³-hybridized carbons (Fsp3) is 0.471. The zero-order chi connectivity index (χ0) is 19.1. The number of hydrogen-bond donors (Lipinski definition) is 1. The summed E-state index contributed by atoms with van der Waals surface area (Å²) in [6.45, 7) is 2.89. The van der Waals surface area contributed by atoms with E-state index in [9.17, 15) is 14.4 Å². The van der Waals surface area contributed by atoms with Gasteiger partial charge in [-0.05, 0) is 44.0 Å². The molecule has 7 nitrogen and oxygen atoms in total. The molecule has 0 unspecified atom stereocenters. The van der Waals surface area contributed by atoms with E-state index in [1.165, 1.54) is 12.1 Å². The molecule has 0 bridgehead atoms. The predicted octanol–water partition coefficient (Wildman–Crippen LogP) is 2.75. The lowest BCUT2D eigenvalue weighted by Gasteiger charge is -2.32. The monoisotopic (exact) mass is 402 g/mol. The molecule has 1 aromatic carbocycles. The molecule has 0 spiro atoms. The number of piperidine rings is 1. The van der Waals surface area contributed by atoms with Crippen molar-refractivity contribution in [2.24, 2.45) is 0 Å². The van der Waals surface area contributed by atoms with Crippen molar-refractivity contribution in [3.63, 3.8) is 0 Å². The van der Waals surface area contributed by atoms with E-state index in [0.29, 0.717) is 37.2 Å². The van der Waals surface area contributed by atoms with Crippen LogP contribution in [0.1, 0.15) is 30.1 Å². The van der Waals surface area contributed by atoms with Gasteiger partial charge in [0.2, 0.25) is 0 Å². The van der Waals surface area contributed by atoms with E-state index in [-0.39, 0.29) is 24.5 Å². The Bertz CT molecular complexity index is 643. The second kappa shape index (κ2) is 9.64. The Morgan fingerprint density at radius 3 is 2.35 bits per heavy atom. The molecule has 1 fully saturated rings. The molecule has 0 aromatic heterocycles. The maximum absolute atomic E-state index is 12.3. The molecule has 1 N–H and O–H groups in total. The highest BCUT2D eigenvalue weighted by atomic mass is 35.5. The van der Waals surface area contributed by atoms with Crippen LogP contribution in [0.5, 0.6) is 5.75 Å². The molecule has 0 saturated carbocycles. The van der Waals surface area contributed by atoms with Crippen molar-refractivity contribution in [3.05, 3.63) is 29.8 Å². The van der Waals surface area contributed by atoms with Crippen LogP contribution in [0.15, 0.2) is 24.3 Å². The SMILES string of the molecule is CCOC(=O)Oc1ccc(C(=O)NC2CCN(C(=O)C(Cl)Cl)CC2)cc1. The molecular formula is C17H20Cl2N2O5. The van der Waals surface area contributed by atoms with Crippen LogP contribution in [0.2, 0.25) is 0 Å². The van der Waals surface area contributed by atoms with Gasteiger partial charge in [0.05, 0.1) is 6.61 Å². The number of carbonyl (C=O) groups excluding carboxylic acids is 3. The van der Waals surface area contributed by atoms with Crippen molar-refractivity contribution in [3.8, 4) is 5.75 Å². The van der Waals surface area contributed by atoms with Crippen molar-refractivity contribution in [2.45, 2.75) is 30.6 Å². The summed E-state index contributed by atoms with van der Waals surface area (Å²) in [5, 5.41) is 2.93. The van der Waals surface area contributed by atoms with Gasteiger partial charge in [0, 0.05) is 24.7 Å². The minimum Gasteiger partial charge on any atom is -0.434 e. The maximum Gasteiger partial charge on any atom is 0.513 e. The highest BCUT2D eigenvalue weighted by Crippen LogP contribution is 2.17. The summed E-state index contributed by atoms with van der Waals surface area (Å²) in [4.78, 5) is 35.8. The molecule has 0 aliphatic carbocycles. The number of rotatable bonds is 5. The van der Waals surface area contributed by atoms with Crippen LogP contribution in [0.4, 0.5) is 4.79 Å². The zero-order valence-electron chi connectivity index (χ0n) is 14.2. The number of carbonyl (C=O) groups is 3. The van der Waals surface area contributed by atoms with Crippen LogP contribution in [-0.2, 0) is 9.53 Å². The van der Waals surface area contributed by atoms with E-state index >= 15 is 0 Å². The molecule has 1 saturated heterocycles. The van der Waals surface area contributed by atoms with Gasteiger partial charge in [-0.3, -0.25) is 9.59 Å². The first-order chi connectivity index (χ1) is 12.4. The molecule has 9 heteroatoms. The molecule has 0 atom stereocenters. The highest BCUT2D eigenvalue weighted by Gasteiger charge is 2.26. The summed E-state index contributed by atoms with van der Waals surface area (Å²) < 4.78 is 9.62. The number of benzene rings is 1. The first kappa shape index (κ1) is 20.3. The van der Waals surface area contributed by atoms with E-state index in [0.717, 1.165) is 0 Å². The fourth-order valence-corrected chi connectivity index (χ4v) is 2.84. The van der Waals surface area contributed by atoms with Gasteiger partial charge in [0.15, 0.2) is 4.84 Å². The molecule has 1 aromatic rings. The minimum absolute atomic E-state index is 0.0360. The van der Waals surface area contributed by atoms with Crippen LogP contribution >= 0.6 is 23.2 Å². The number of alkyl halides is 2. The van der Waals surface area contributed by atoms with Gasteiger partial charge in [0.25, 0.3) is 11.8 Å². The zero-order valence-corrected chi connectivity index (χ0v) is 15.8. The third kappa shape index (κ3) is 5.78. The largest absolute Gasteiger partial charge is 0.513 e. The van der Waals surface area contributed by atoms with Crippen LogP contribution in [0.25, 0.3) is 0 Å².